The van der Waals surface area contributed by atoms with Gasteiger partial charge in [-0.2, -0.15) is 0 Å². The van der Waals surface area contributed by atoms with Gasteiger partial charge in [0, 0.05) is 11.3 Å². The third-order valence-electron chi connectivity index (χ3n) is 3.29. The van der Waals surface area contributed by atoms with Crippen LogP contribution in [0.5, 0.6) is 0 Å². The standard InChI is InChI=1S/C12H27NO2Si/c1-8-9-13(14)15-16(10(2)3,11(4)5)12(6)7/h9-12H,8H2,1-7H3/b13-9+. The lowest BCUT2D eigenvalue weighted by Gasteiger charge is -2.43. The van der Waals surface area contributed by atoms with Gasteiger partial charge in [-0.15, -0.1) is 0 Å². The summed E-state index contributed by atoms with van der Waals surface area (Å²) >= 11 is 0. The Hall–Kier alpha value is -0.513. The van der Waals surface area contributed by atoms with Crippen LogP contribution in [-0.4, -0.2) is 19.4 Å². The fraction of sp³-hybridized carbons (Fsp3) is 0.917. The molecule has 0 aliphatic heterocycles. The fourth-order valence-electron chi connectivity index (χ4n) is 2.66. The lowest BCUT2D eigenvalue weighted by molar-refractivity contribution is -0.702. The van der Waals surface area contributed by atoms with Crippen molar-refractivity contribution < 1.29 is 9.43 Å². The highest BCUT2D eigenvalue weighted by atomic mass is 28.4. The van der Waals surface area contributed by atoms with E-state index in [1.165, 1.54) is 0 Å². The van der Waals surface area contributed by atoms with Gasteiger partial charge in [0.15, 0.2) is 0 Å². The summed E-state index contributed by atoms with van der Waals surface area (Å²) in [6, 6.07) is 0. The molecule has 16 heavy (non-hydrogen) atoms. The zero-order valence-electron chi connectivity index (χ0n) is 11.8. The molecule has 0 aliphatic carbocycles. The third kappa shape index (κ3) is 3.24. The zero-order valence-corrected chi connectivity index (χ0v) is 12.8. The summed E-state index contributed by atoms with van der Waals surface area (Å²) in [4.78, 5) is 0.701. The average molecular weight is 245 g/mol. The second kappa shape index (κ2) is 6.28. The summed E-state index contributed by atoms with van der Waals surface area (Å²) in [7, 11) is -2.05. The van der Waals surface area contributed by atoms with Crippen molar-refractivity contribution in [2.75, 3.05) is 0 Å². The predicted octanol–water partition coefficient (Wildman–Crippen LogP) is 4.08. The molecule has 0 aromatic carbocycles. The van der Waals surface area contributed by atoms with Gasteiger partial charge in [-0.3, -0.25) is 5.21 Å². The second-order valence-electron chi connectivity index (χ2n) is 5.29. The Kier molecular flexibility index (Phi) is 6.08. The molecule has 0 atom stereocenters. The first kappa shape index (κ1) is 15.5. The third-order valence-corrected chi connectivity index (χ3v) is 9.20. The van der Waals surface area contributed by atoms with Crippen molar-refractivity contribution in [3.63, 3.8) is 0 Å². The molecule has 3 nitrogen and oxygen atoms in total. The number of nitrogens with zero attached hydrogens (tertiary/aromatic N) is 1. The van der Waals surface area contributed by atoms with Gasteiger partial charge in [-0.05, 0) is 16.6 Å². The Morgan fingerprint density at radius 2 is 1.44 bits per heavy atom. The summed E-state index contributed by atoms with van der Waals surface area (Å²) in [5.41, 5.74) is 1.32. The normalized spacial score (nSPS) is 14.0. The summed E-state index contributed by atoms with van der Waals surface area (Å²) < 4.78 is 5.82. The fourth-order valence-corrected chi connectivity index (χ4v) is 7.68. The Morgan fingerprint density at radius 3 is 1.69 bits per heavy atom. The minimum absolute atomic E-state index is 0.439. The van der Waals surface area contributed by atoms with Crippen LogP contribution in [0, 0.1) is 5.21 Å². The van der Waals surface area contributed by atoms with Gasteiger partial charge in [-0.25, -0.2) is 0 Å². The van der Waals surface area contributed by atoms with Crippen molar-refractivity contribution >= 4 is 14.5 Å². The Balaban J connectivity index is 5.13. The Morgan fingerprint density at radius 1 is 1.06 bits per heavy atom. The molecule has 0 aliphatic rings. The smallest absolute Gasteiger partial charge is 0.209 e. The SMILES string of the molecule is CC/C=[N+](\[O-])O[Si](C(C)C)(C(C)C)C(C)C. The van der Waals surface area contributed by atoms with E-state index >= 15 is 0 Å². The van der Waals surface area contributed by atoms with Crippen LogP contribution in [0.25, 0.3) is 0 Å². The van der Waals surface area contributed by atoms with Crippen LogP contribution in [0.3, 0.4) is 0 Å². The monoisotopic (exact) mass is 245 g/mol. The molecule has 0 bridgehead atoms. The topological polar surface area (TPSA) is 35.3 Å². The van der Waals surface area contributed by atoms with E-state index in [-0.39, 0.29) is 0 Å². The van der Waals surface area contributed by atoms with Gasteiger partial charge in [0.25, 0.3) is 0 Å². The first-order valence-electron chi connectivity index (χ1n) is 6.27. The molecular formula is C12H27NO2Si. The molecule has 0 heterocycles. The van der Waals surface area contributed by atoms with Crippen molar-refractivity contribution in [3.8, 4) is 0 Å². The summed E-state index contributed by atoms with van der Waals surface area (Å²) in [5, 5.41) is 11.6. The second-order valence-corrected chi connectivity index (χ2v) is 10.6. The maximum absolute atomic E-state index is 11.6. The largest absolute Gasteiger partial charge is 0.442 e. The predicted molar refractivity (Wildman–Crippen MR) is 72.1 cm³/mol. The molecule has 0 fully saturated rings. The molecule has 0 aromatic heterocycles. The molecule has 0 saturated heterocycles. The summed E-state index contributed by atoms with van der Waals surface area (Å²) in [6.45, 7) is 15.0. The highest BCUT2D eigenvalue weighted by Crippen LogP contribution is 2.42. The van der Waals surface area contributed by atoms with Crippen molar-refractivity contribution in [1.82, 2.24) is 0 Å². The Bertz CT molecular complexity index is 215. The van der Waals surface area contributed by atoms with Crippen LogP contribution in [0.2, 0.25) is 16.6 Å². The molecule has 0 unspecified atom stereocenters. The molecule has 0 aromatic rings. The van der Waals surface area contributed by atoms with Crippen LogP contribution in [-0.2, 0) is 4.53 Å². The lowest BCUT2D eigenvalue weighted by Crippen LogP contribution is -2.49. The van der Waals surface area contributed by atoms with E-state index in [2.05, 4.69) is 41.5 Å². The lowest BCUT2D eigenvalue weighted by atomic mass is 10.5. The molecule has 96 valence electrons. The molecule has 0 N–H and O–H groups in total. The van der Waals surface area contributed by atoms with Crippen molar-refractivity contribution in [1.29, 1.82) is 0 Å². The Labute approximate surface area is 101 Å². The van der Waals surface area contributed by atoms with Crippen LogP contribution >= 0.6 is 0 Å². The van der Waals surface area contributed by atoms with Crippen LogP contribution in [0.15, 0.2) is 0 Å². The molecule has 0 rings (SSSR count). The van der Waals surface area contributed by atoms with Crippen molar-refractivity contribution in [2.45, 2.75) is 71.5 Å². The number of hydrogen-bond acceptors (Lipinski definition) is 2. The molecule has 0 saturated carbocycles. The quantitative estimate of drug-likeness (QED) is 0.306. The summed E-state index contributed by atoms with van der Waals surface area (Å²) in [5.74, 6) is 0. The van der Waals surface area contributed by atoms with E-state index in [1.54, 1.807) is 6.21 Å². The van der Waals surface area contributed by atoms with Crippen molar-refractivity contribution in [2.24, 2.45) is 0 Å². The van der Waals surface area contributed by atoms with Gasteiger partial charge in [-0.1, -0.05) is 48.5 Å². The highest BCUT2D eigenvalue weighted by molar-refractivity contribution is 6.77. The van der Waals surface area contributed by atoms with E-state index in [9.17, 15) is 5.21 Å². The zero-order chi connectivity index (χ0) is 12.9. The molecule has 0 spiro atoms. The minimum atomic E-state index is -2.05. The number of rotatable bonds is 6. The van der Waals surface area contributed by atoms with Crippen LogP contribution in [0.1, 0.15) is 54.9 Å². The maximum Gasteiger partial charge on any atom is 0.209 e. The van der Waals surface area contributed by atoms with E-state index in [0.29, 0.717) is 27.9 Å². The van der Waals surface area contributed by atoms with Crippen molar-refractivity contribution in [3.05, 3.63) is 5.21 Å². The first-order chi connectivity index (χ1) is 7.28. The molecule has 4 heteroatoms. The van der Waals surface area contributed by atoms with Gasteiger partial charge < -0.3 is 4.53 Å². The van der Waals surface area contributed by atoms with E-state index in [0.717, 1.165) is 0 Å². The van der Waals surface area contributed by atoms with Gasteiger partial charge in [0.05, 0.1) is 0 Å². The minimum Gasteiger partial charge on any atom is -0.442 e. The molecule has 0 radical (unpaired) electrons. The number of hydrogen-bond donors (Lipinski definition) is 0. The van der Waals surface area contributed by atoms with Gasteiger partial charge in [0.1, 0.15) is 0 Å². The maximum atomic E-state index is 11.6. The van der Waals surface area contributed by atoms with Crippen LogP contribution in [0.4, 0.5) is 0 Å². The van der Waals surface area contributed by atoms with Gasteiger partial charge >= 0.3 is 0 Å². The van der Waals surface area contributed by atoms with E-state index in [4.69, 9.17) is 4.53 Å². The molecule has 0 amide bonds. The molecular weight excluding hydrogens is 218 g/mol. The van der Waals surface area contributed by atoms with Gasteiger partial charge in [0.2, 0.25) is 14.5 Å². The summed E-state index contributed by atoms with van der Waals surface area (Å²) in [6.07, 6.45) is 2.27. The van der Waals surface area contributed by atoms with E-state index < -0.39 is 8.32 Å². The average Bonchev–Trinajstić information content (AvgIpc) is 2.12. The van der Waals surface area contributed by atoms with Crippen LogP contribution < -0.4 is 0 Å². The highest BCUT2D eigenvalue weighted by Gasteiger charge is 2.44. The first-order valence-corrected chi connectivity index (χ1v) is 8.41. The van der Waals surface area contributed by atoms with E-state index in [1.807, 2.05) is 6.92 Å².